The molecular formula is C11H11F2N3O. The van der Waals surface area contributed by atoms with Crippen LogP contribution in [0.4, 0.5) is 8.78 Å². The molecule has 90 valence electrons. The molecule has 0 spiro atoms. The van der Waals surface area contributed by atoms with Gasteiger partial charge in [-0.3, -0.25) is 0 Å². The fraction of sp³-hybridized carbons (Fsp3) is 0.273. The van der Waals surface area contributed by atoms with Crippen LogP contribution in [0.25, 0.3) is 11.4 Å². The van der Waals surface area contributed by atoms with Crippen molar-refractivity contribution in [3.63, 3.8) is 0 Å². The lowest BCUT2D eigenvalue weighted by atomic mass is 10.1. The minimum absolute atomic E-state index is 0.0315. The zero-order valence-corrected chi connectivity index (χ0v) is 9.20. The largest absolute Gasteiger partial charge is 0.338 e. The van der Waals surface area contributed by atoms with E-state index in [1.165, 1.54) is 12.1 Å². The highest BCUT2D eigenvalue weighted by atomic mass is 19.1. The molecule has 0 atom stereocenters. The Hall–Kier alpha value is -1.82. The first-order valence-corrected chi connectivity index (χ1v) is 5.17. The molecule has 6 heteroatoms. The van der Waals surface area contributed by atoms with Crippen LogP contribution in [-0.2, 0) is 13.0 Å². The number of nitrogens with two attached hydrogens (primary N) is 1. The van der Waals surface area contributed by atoms with E-state index >= 15 is 0 Å². The molecule has 1 aromatic heterocycles. The molecule has 17 heavy (non-hydrogen) atoms. The highest BCUT2D eigenvalue weighted by molar-refractivity contribution is 5.57. The molecule has 0 saturated heterocycles. The standard InChI is InChI=1S/C11H11F2N3O/c1-2-6-3-4-7(12)9(10(6)13)11-15-8(5-14)17-16-11/h3-4H,2,5,14H2,1H3. The summed E-state index contributed by atoms with van der Waals surface area (Å²) in [6.07, 6.45) is 0.459. The summed E-state index contributed by atoms with van der Waals surface area (Å²) in [7, 11) is 0. The molecule has 1 heterocycles. The van der Waals surface area contributed by atoms with Crippen LogP contribution < -0.4 is 5.73 Å². The van der Waals surface area contributed by atoms with Gasteiger partial charge < -0.3 is 10.3 Å². The third-order valence-electron chi connectivity index (χ3n) is 2.42. The van der Waals surface area contributed by atoms with E-state index in [1.54, 1.807) is 6.92 Å². The normalized spacial score (nSPS) is 10.8. The highest BCUT2D eigenvalue weighted by Gasteiger charge is 2.19. The summed E-state index contributed by atoms with van der Waals surface area (Å²) in [6.45, 7) is 1.81. The van der Waals surface area contributed by atoms with Gasteiger partial charge in [-0.1, -0.05) is 18.1 Å². The Bertz CT molecular complexity index is 540. The first kappa shape index (κ1) is 11.7. The lowest BCUT2D eigenvalue weighted by molar-refractivity contribution is 0.380. The second-order valence-electron chi connectivity index (χ2n) is 3.46. The van der Waals surface area contributed by atoms with E-state index in [-0.39, 0.29) is 23.8 Å². The molecule has 0 aliphatic carbocycles. The van der Waals surface area contributed by atoms with Crippen molar-refractivity contribution in [1.82, 2.24) is 10.1 Å². The predicted molar refractivity (Wildman–Crippen MR) is 56.9 cm³/mol. The Morgan fingerprint density at radius 1 is 1.35 bits per heavy atom. The molecule has 0 aliphatic heterocycles. The van der Waals surface area contributed by atoms with Crippen molar-refractivity contribution in [2.75, 3.05) is 0 Å². The molecule has 2 aromatic rings. The molecule has 4 nitrogen and oxygen atoms in total. The van der Waals surface area contributed by atoms with Crippen molar-refractivity contribution in [1.29, 1.82) is 0 Å². The number of hydrogen-bond acceptors (Lipinski definition) is 4. The molecule has 0 unspecified atom stereocenters. The lowest BCUT2D eigenvalue weighted by Crippen LogP contribution is -1.99. The summed E-state index contributed by atoms with van der Waals surface area (Å²) < 4.78 is 32.2. The second-order valence-corrected chi connectivity index (χ2v) is 3.46. The van der Waals surface area contributed by atoms with E-state index in [0.29, 0.717) is 12.0 Å². The molecule has 0 fully saturated rings. The summed E-state index contributed by atoms with van der Waals surface area (Å²) in [5, 5.41) is 3.51. The van der Waals surface area contributed by atoms with Crippen molar-refractivity contribution >= 4 is 0 Å². The topological polar surface area (TPSA) is 64.9 Å². The number of halogens is 2. The van der Waals surface area contributed by atoms with Gasteiger partial charge in [-0.15, -0.1) is 0 Å². The number of benzene rings is 1. The molecule has 0 amide bonds. The number of rotatable bonds is 3. The molecule has 0 radical (unpaired) electrons. The van der Waals surface area contributed by atoms with Crippen LogP contribution in [0.1, 0.15) is 18.4 Å². The van der Waals surface area contributed by atoms with E-state index in [0.717, 1.165) is 0 Å². The zero-order valence-electron chi connectivity index (χ0n) is 9.20. The molecule has 2 rings (SSSR count). The van der Waals surface area contributed by atoms with E-state index < -0.39 is 11.6 Å². The van der Waals surface area contributed by atoms with Crippen molar-refractivity contribution < 1.29 is 13.3 Å². The van der Waals surface area contributed by atoms with Gasteiger partial charge >= 0.3 is 0 Å². The summed E-state index contributed by atoms with van der Waals surface area (Å²) in [4.78, 5) is 3.81. The van der Waals surface area contributed by atoms with Crippen molar-refractivity contribution in [3.8, 4) is 11.4 Å². The molecule has 2 N–H and O–H groups in total. The smallest absolute Gasteiger partial charge is 0.240 e. The highest BCUT2D eigenvalue weighted by Crippen LogP contribution is 2.26. The summed E-state index contributed by atoms with van der Waals surface area (Å²) >= 11 is 0. The maximum Gasteiger partial charge on any atom is 0.240 e. The molecule has 0 bridgehead atoms. The molecule has 0 aliphatic rings. The SMILES string of the molecule is CCc1ccc(F)c(-c2noc(CN)n2)c1F. The quantitative estimate of drug-likeness (QED) is 0.890. The number of aromatic nitrogens is 2. The number of hydrogen-bond donors (Lipinski definition) is 1. The van der Waals surface area contributed by atoms with Gasteiger partial charge in [0.05, 0.1) is 12.1 Å². The van der Waals surface area contributed by atoms with Crippen LogP contribution in [0.3, 0.4) is 0 Å². The third kappa shape index (κ3) is 2.03. The van der Waals surface area contributed by atoms with Gasteiger partial charge in [-0.2, -0.15) is 4.98 Å². The Kier molecular flexibility index (Phi) is 3.14. The van der Waals surface area contributed by atoms with E-state index in [2.05, 4.69) is 10.1 Å². The maximum atomic E-state index is 13.9. The fourth-order valence-electron chi connectivity index (χ4n) is 1.51. The van der Waals surface area contributed by atoms with Gasteiger partial charge in [0.15, 0.2) is 0 Å². The van der Waals surface area contributed by atoms with Gasteiger partial charge in [0, 0.05) is 0 Å². The van der Waals surface area contributed by atoms with Gasteiger partial charge in [0.1, 0.15) is 11.6 Å². The minimum Gasteiger partial charge on any atom is -0.338 e. The van der Waals surface area contributed by atoms with Crippen molar-refractivity contribution in [2.45, 2.75) is 19.9 Å². The summed E-state index contributed by atoms with van der Waals surface area (Å²) in [5.74, 6) is -1.35. The van der Waals surface area contributed by atoms with Gasteiger partial charge in [0.25, 0.3) is 0 Å². The Labute approximate surface area is 96.4 Å². The van der Waals surface area contributed by atoms with Gasteiger partial charge in [0.2, 0.25) is 11.7 Å². The number of aryl methyl sites for hydroxylation is 1. The number of nitrogens with zero attached hydrogens (tertiary/aromatic N) is 2. The minimum atomic E-state index is -0.718. The third-order valence-corrected chi connectivity index (χ3v) is 2.42. The zero-order chi connectivity index (χ0) is 12.4. The van der Waals surface area contributed by atoms with Crippen molar-refractivity contribution in [3.05, 3.63) is 35.2 Å². The lowest BCUT2D eigenvalue weighted by Gasteiger charge is -2.04. The maximum absolute atomic E-state index is 13.9. The monoisotopic (exact) mass is 239 g/mol. The van der Waals surface area contributed by atoms with Crippen molar-refractivity contribution in [2.24, 2.45) is 5.73 Å². The van der Waals surface area contributed by atoms with Crippen LogP contribution in [0.15, 0.2) is 16.7 Å². The average molecular weight is 239 g/mol. The summed E-state index contributed by atoms with van der Waals surface area (Å²) in [6, 6.07) is 2.59. The van der Waals surface area contributed by atoms with Crippen LogP contribution in [0, 0.1) is 11.6 Å². The van der Waals surface area contributed by atoms with E-state index in [9.17, 15) is 8.78 Å². The van der Waals surface area contributed by atoms with Crippen LogP contribution in [0.5, 0.6) is 0 Å². The first-order valence-electron chi connectivity index (χ1n) is 5.17. The van der Waals surface area contributed by atoms with E-state index in [4.69, 9.17) is 10.3 Å². The second kappa shape index (κ2) is 4.58. The summed E-state index contributed by atoms with van der Waals surface area (Å²) in [5.41, 5.74) is 5.42. The van der Waals surface area contributed by atoms with Gasteiger partial charge in [-0.25, -0.2) is 8.78 Å². The van der Waals surface area contributed by atoms with Crippen LogP contribution in [-0.4, -0.2) is 10.1 Å². The van der Waals surface area contributed by atoms with Crippen LogP contribution >= 0.6 is 0 Å². The van der Waals surface area contributed by atoms with E-state index in [1.807, 2.05) is 0 Å². The average Bonchev–Trinajstić information content (AvgIpc) is 2.78. The first-order chi connectivity index (χ1) is 8.17. The fourth-order valence-corrected chi connectivity index (χ4v) is 1.51. The Morgan fingerprint density at radius 2 is 2.12 bits per heavy atom. The predicted octanol–water partition coefficient (Wildman–Crippen LogP) is 2.04. The molecular weight excluding hydrogens is 228 g/mol. The Balaban J connectivity index is 2.57. The Morgan fingerprint density at radius 3 is 2.71 bits per heavy atom. The van der Waals surface area contributed by atoms with Crippen LogP contribution in [0.2, 0.25) is 0 Å². The molecule has 1 aromatic carbocycles. The molecule has 0 saturated carbocycles. The van der Waals surface area contributed by atoms with Gasteiger partial charge in [-0.05, 0) is 18.1 Å².